The second kappa shape index (κ2) is 7.25. The summed E-state index contributed by atoms with van der Waals surface area (Å²) in [4.78, 5) is 3.97. The molecule has 6 nitrogen and oxygen atoms in total. The first kappa shape index (κ1) is 13.9. The Morgan fingerprint density at radius 3 is 2.76 bits per heavy atom. The van der Waals surface area contributed by atoms with E-state index in [2.05, 4.69) is 26.7 Å². The molecule has 0 aromatic carbocycles. The second-order valence-electron chi connectivity index (χ2n) is 3.75. The molecule has 0 saturated heterocycles. The predicted molar refractivity (Wildman–Crippen MR) is 63.9 cm³/mol. The number of hydrogen-bond acceptors (Lipinski definition) is 6. The lowest BCUT2D eigenvalue weighted by atomic mass is 10.3. The largest absolute Gasteiger partial charge is 0.327 e. The number of hydrazine groups is 2. The van der Waals surface area contributed by atoms with Gasteiger partial charge in [0.05, 0.1) is 11.9 Å². The molecule has 0 fully saturated rings. The van der Waals surface area contributed by atoms with Crippen molar-refractivity contribution in [2.75, 3.05) is 13.6 Å². The van der Waals surface area contributed by atoms with Gasteiger partial charge in [-0.25, -0.2) is 15.2 Å². The Morgan fingerprint density at radius 1 is 1.47 bits per heavy atom. The normalized spacial score (nSPS) is 14.6. The molecule has 1 rings (SSSR count). The van der Waals surface area contributed by atoms with Crippen LogP contribution in [-0.2, 0) is 0 Å². The number of nitrogens with zero attached hydrogens (tertiary/aromatic N) is 1. The Labute approximate surface area is 100 Å². The summed E-state index contributed by atoms with van der Waals surface area (Å²) in [6.07, 6.45) is 0.952. The van der Waals surface area contributed by atoms with Crippen molar-refractivity contribution in [2.45, 2.75) is 19.1 Å². The number of pyridine rings is 1. The first-order valence-electron chi connectivity index (χ1n) is 5.41. The van der Waals surface area contributed by atoms with Crippen molar-refractivity contribution in [3.8, 4) is 0 Å². The lowest BCUT2D eigenvalue weighted by molar-refractivity contribution is 0.337. The van der Waals surface area contributed by atoms with E-state index in [0.29, 0.717) is 12.2 Å². The van der Waals surface area contributed by atoms with Gasteiger partial charge in [0, 0.05) is 12.6 Å². The molecule has 2 atom stereocenters. The van der Waals surface area contributed by atoms with Gasteiger partial charge in [0.2, 0.25) is 0 Å². The number of aromatic nitrogens is 1. The third-order valence-electron chi connectivity index (χ3n) is 2.06. The summed E-state index contributed by atoms with van der Waals surface area (Å²) >= 11 is 0. The van der Waals surface area contributed by atoms with E-state index in [4.69, 9.17) is 5.73 Å². The summed E-state index contributed by atoms with van der Waals surface area (Å²) in [7, 11) is 1.77. The zero-order valence-electron chi connectivity index (χ0n) is 10.00. The van der Waals surface area contributed by atoms with Gasteiger partial charge < -0.3 is 5.73 Å². The van der Waals surface area contributed by atoms with Crippen LogP contribution in [0.3, 0.4) is 0 Å². The minimum absolute atomic E-state index is 0.0567. The third kappa shape index (κ3) is 5.16. The lowest BCUT2D eigenvalue weighted by Gasteiger charge is -2.19. The van der Waals surface area contributed by atoms with Crippen molar-refractivity contribution in [2.24, 2.45) is 5.73 Å². The molecule has 96 valence electrons. The molecule has 1 aromatic heterocycles. The van der Waals surface area contributed by atoms with Crippen LogP contribution in [0.4, 0.5) is 4.39 Å². The molecule has 0 aliphatic carbocycles. The van der Waals surface area contributed by atoms with Gasteiger partial charge in [0.15, 0.2) is 0 Å². The maximum Gasteiger partial charge on any atom is 0.141 e. The zero-order chi connectivity index (χ0) is 12.7. The Balaban J connectivity index is 2.40. The lowest BCUT2D eigenvalue weighted by Crippen LogP contribution is -2.51. The highest BCUT2D eigenvalue weighted by Crippen LogP contribution is 2.05. The van der Waals surface area contributed by atoms with Crippen LogP contribution >= 0.6 is 0 Å². The van der Waals surface area contributed by atoms with Crippen LogP contribution in [0.5, 0.6) is 0 Å². The molecule has 0 amide bonds. The van der Waals surface area contributed by atoms with Crippen molar-refractivity contribution in [1.82, 2.24) is 26.7 Å². The average Bonchev–Trinajstić information content (AvgIpc) is 2.30. The van der Waals surface area contributed by atoms with Gasteiger partial charge >= 0.3 is 0 Å². The van der Waals surface area contributed by atoms with E-state index < -0.39 is 0 Å². The predicted octanol–water partition coefficient (Wildman–Crippen LogP) is -0.615. The van der Waals surface area contributed by atoms with Crippen molar-refractivity contribution >= 4 is 0 Å². The molecule has 0 saturated carbocycles. The molecule has 6 N–H and O–H groups in total. The summed E-state index contributed by atoms with van der Waals surface area (Å²) in [6.45, 7) is 2.52. The average molecular weight is 242 g/mol. The van der Waals surface area contributed by atoms with E-state index in [1.54, 1.807) is 13.1 Å². The van der Waals surface area contributed by atoms with E-state index >= 15 is 0 Å². The fourth-order valence-corrected chi connectivity index (χ4v) is 1.19. The van der Waals surface area contributed by atoms with Crippen LogP contribution in [0, 0.1) is 5.82 Å². The quantitative estimate of drug-likeness (QED) is 0.249. The molecule has 2 unspecified atom stereocenters. The van der Waals surface area contributed by atoms with E-state index in [1.165, 1.54) is 12.3 Å². The number of hydrogen-bond donors (Lipinski definition) is 5. The van der Waals surface area contributed by atoms with Crippen molar-refractivity contribution in [1.29, 1.82) is 0 Å². The Morgan fingerprint density at radius 2 is 2.24 bits per heavy atom. The van der Waals surface area contributed by atoms with Gasteiger partial charge in [-0.15, -0.1) is 0 Å². The van der Waals surface area contributed by atoms with E-state index in [0.717, 1.165) is 0 Å². The van der Waals surface area contributed by atoms with Crippen LogP contribution < -0.4 is 27.4 Å². The first-order chi connectivity index (χ1) is 8.13. The minimum Gasteiger partial charge on any atom is -0.327 e. The molecule has 0 spiro atoms. The van der Waals surface area contributed by atoms with E-state index in [-0.39, 0.29) is 18.0 Å². The number of nitrogens with one attached hydrogen (secondary N) is 4. The van der Waals surface area contributed by atoms with Crippen LogP contribution in [0.2, 0.25) is 0 Å². The smallest absolute Gasteiger partial charge is 0.141 e. The zero-order valence-corrected chi connectivity index (χ0v) is 10.00. The van der Waals surface area contributed by atoms with E-state index in [9.17, 15) is 4.39 Å². The third-order valence-corrected chi connectivity index (χ3v) is 2.06. The standard InChI is InChI=1S/C10H19FN6/c1-7(12)5-15-17-16-10(13-2)9-4-3-8(11)6-14-9/h3-4,6-7,10,13,15-17H,5,12H2,1-2H3. The van der Waals surface area contributed by atoms with Crippen molar-refractivity contribution in [3.05, 3.63) is 29.8 Å². The second-order valence-corrected chi connectivity index (χ2v) is 3.75. The van der Waals surface area contributed by atoms with Crippen LogP contribution in [-0.4, -0.2) is 24.6 Å². The fraction of sp³-hybridized carbons (Fsp3) is 0.500. The first-order valence-corrected chi connectivity index (χ1v) is 5.41. The van der Waals surface area contributed by atoms with Gasteiger partial charge in [0.25, 0.3) is 0 Å². The number of rotatable bonds is 7. The van der Waals surface area contributed by atoms with E-state index in [1.807, 2.05) is 6.92 Å². The van der Waals surface area contributed by atoms with Gasteiger partial charge in [-0.2, -0.15) is 5.53 Å². The van der Waals surface area contributed by atoms with Crippen LogP contribution in [0.15, 0.2) is 18.3 Å². The fourth-order valence-electron chi connectivity index (χ4n) is 1.19. The molecule has 17 heavy (non-hydrogen) atoms. The summed E-state index contributed by atoms with van der Waals surface area (Å²) in [5, 5.41) is 3.00. The van der Waals surface area contributed by atoms with Crippen molar-refractivity contribution < 1.29 is 4.39 Å². The summed E-state index contributed by atoms with van der Waals surface area (Å²) in [5.74, 6) is -0.355. The van der Waals surface area contributed by atoms with Crippen molar-refractivity contribution in [3.63, 3.8) is 0 Å². The number of nitrogens with two attached hydrogens (primary N) is 1. The van der Waals surface area contributed by atoms with Crippen LogP contribution in [0.1, 0.15) is 18.8 Å². The molecule has 7 heteroatoms. The molecule has 0 aliphatic heterocycles. The number of halogens is 1. The molecular formula is C10H19FN6. The van der Waals surface area contributed by atoms with Gasteiger partial charge in [-0.1, -0.05) is 0 Å². The maximum atomic E-state index is 12.7. The molecular weight excluding hydrogens is 223 g/mol. The summed E-state index contributed by atoms with van der Waals surface area (Å²) < 4.78 is 12.7. The van der Waals surface area contributed by atoms with Crippen LogP contribution in [0.25, 0.3) is 0 Å². The molecule has 0 bridgehead atoms. The highest BCUT2D eigenvalue weighted by molar-refractivity contribution is 5.08. The Kier molecular flexibility index (Phi) is 5.95. The molecule has 1 heterocycles. The summed E-state index contributed by atoms with van der Waals surface area (Å²) in [6, 6.07) is 3.03. The highest BCUT2D eigenvalue weighted by atomic mass is 19.1. The van der Waals surface area contributed by atoms with Gasteiger partial charge in [-0.05, 0) is 26.1 Å². The Bertz CT molecular complexity index is 315. The monoisotopic (exact) mass is 242 g/mol. The topological polar surface area (TPSA) is 87.0 Å². The molecule has 1 aromatic rings. The maximum absolute atomic E-state index is 12.7. The van der Waals surface area contributed by atoms with Gasteiger partial charge in [0.1, 0.15) is 12.0 Å². The molecule has 0 radical (unpaired) electrons. The highest BCUT2D eigenvalue weighted by Gasteiger charge is 2.09. The minimum atomic E-state index is -0.355. The Hall–Kier alpha value is -1.12. The molecule has 0 aliphatic rings. The van der Waals surface area contributed by atoms with Gasteiger partial charge in [-0.3, -0.25) is 10.3 Å². The SMILES string of the molecule is CNC(NNNCC(C)N)c1ccc(F)cn1. The summed E-state index contributed by atoms with van der Waals surface area (Å²) in [5.41, 5.74) is 14.9.